The molecule has 0 rings (SSSR count). The number of phosphoric ester groups is 1. The van der Waals surface area contributed by atoms with Crippen LogP contribution in [0.15, 0.2) is 60.8 Å². The predicted octanol–water partition coefficient (Wildman–Crippen LogP) is 11.6. The molecule has 320 valence electrons. The first-order chi connectivity index (χ1) is 26.5. The van der Waals surface area contributed by atoms with Crippen molar-refractivity contribution in [1.82, 2.24) is 5.32 Å². The Morgan fingerprint density at radius 3 is 1.69 bits per heavy atom. The topological polar surface area (TPSA) is 108 Å². The predicted molar refractivity (Wildman–Crippen MR) is 233 cm³/mol. The highest BCUT2D eigenvalue weighted by Crippen LogP contribution is 2.38. The van der Waals surface area contributed by atoms with E-state index < -0.39 is 26.6 Å². The number of hydrogen-bond acceptors (Lipinski definition) is 6. The van der Waals surface area contributed by atoms with Crippen molar-refractivity contribution >= 4 is 13.7 Å². The molecule has 0 aliphatic heterocycles. The minimum Gasteiger partial charge on any atom is -0.756 e. The summed E-state index contributed by atoms with van der Waals surface area (Å²) in [5.41, 5.74) is 0. The Hall–Kier alpha value is -1.80. The number of quaternary nitrogens is 1. The van der Waals surface area contributed by atoms with Gasteiger partial charge >= 0.3 is 0 Å². The molecule has 0 fully saturated rings. The van der Waals surface area contributed by atoms with E-state index in [9.17, 15) is 19.4 Å². The molecule has 0 aromatic carbocycles. The maximum Gasteiger partial charge on any atom is 0.268 e. The molecule has 55 heavy (non-hydrogen) atoms. The molecule has 0 aromatic heterocycles. The van der Waals surface area contributed by atoms with Crippen LogP contribution in [0.25, 0.3) is 0 Å². The van der Waals surface area contributed by atoms with Crippen molar-refractivity contribution in [3.05, 3.63) is 60.8 Å². The molecule has 0 radical (unpaired) electrons. The second kappa shape index (κ2) is 37.8. The molecule has 0 saturated heterocycles. The highest BCUT2D eigenvalue weighted by molar-refractivity contribution is 7.45. The molecule has 0 heterocycles. The van der Waals surface area contributed by atoms with Crippen molar-refractivity contribution in [3.63, 3.8) is 0 Å². The molecular weight excluding hydrogens is 707 g/mol. The Morgan fingerprint density at radius 2 is 1.13 bits per heavy atom. The van der Waals surface area contributed by atoms with Crippen LogP contribution in [0.4, 0.5) is 0 Å². The third-order valence-corrected chi connectivity index (χ3v) is 10.4. The zero-order valence-corrected chi connectivity index (χ0v) is 37.0. The summed E-state index contributed by atoms with van der Waals surface area (Å²) < 4.78 is 23.2. The third-order valence-electron chi connectivity index (χ3n) is 9.46. The minimum absolute atomic E-state index is 0.0109. The molecule has 0 aliphatic rings. The highest BCUT2D eigenvalue weighted by Gasteiger charge is 2.23. The van der Waals surface area contributed by atoms with Crippen LogP contribution in [0.3, 0.4) is 0 Å². The molecule has 1 amide bonds. The number of allylic oxidation sites excluding steroid dienone is 9. The van der Waals surface area contributed by atoms with Gasteiger partial charge in [0.15, 0.2) is 0 Å². The van der Waals surface area contributed by atoms with Crippen molar-refractivity contribution < 1.29 is 32.9 Å². The zero-order chi connectivity index (χ0) is 40.7. The van der Waals surface area contributed by atoms with Crippen LogP contribution in [0.2, 0.25) is 0 Å². The molecular formula is C46H85N2O6P. The summed E-state index contributed by atoms with van der Waals surface area (Å²) in [5, 5.41) is 13.7. The second-order valence-corrected chi connectivity index (χ2v) is 17.4. The first-order valence-corrected chi connectivity index (χ1v) is 23.6. The average molecular weight is 793 g/mol. The number of aliphatic hydroxyl groups is 1. The number of carbonyl (C=O) groups excluding carboxylic acids is 1. The van der Waals surface area contributed by atoms with Gasteiger partial charge in [-0.15, -0.1) is 0 Å². The Labute approximate surface area is 339 Å². The lowest BCUT2D eigenvalue weighted by atomic mass is 10.1. The van der Waals surface area contributed by atoms with Gasteiger partial charge in [0, 0.05) is 6.42 Å². The van der Waals surface area contributed by atoms with Gasteiger partial charge in [-0.1, -0.05) is 164 Å². The van der Waals surface area contributed by atoms with Crippen molar-refractivity contribution in [3.8, 4) is 0 Å². The maximum absolute atomic E-state index is 12.8. The van der Waals surface area contributed by atoms with Gasteiger partial charge in [0.1, 0.15) is 13.2 Å². The summed E-state index contributed by atoms with van der Waals surface area (Å²) in [7, 11) is 1.23. The Bertz CT molecular complexity index is 1080. The zero-order valence-electron chi connectivity index (χ0n) is 36.1. The number of carbonyl (C=O) groups is 1. The van der Waals surface area contributed by atoms with Gasteiger partial charge in [-0.3, -0.25) is 9.36 Å². The molecule has 0 spiro atoms. The molecule has 3 unspecified atom stereocenters. The van der Waals surface area contributed by atoms with E-state index in [0.29, 0.717) is 17.4 Å². The fourth-order valence-corrected chi connectivity index (χ4v) is 6.67. The van der Waals surface area contributed by atoms with Gasteiger partial charge in [-0.2, -0.15) is 0 Å². The number of unbranched alkanes of at least 4 members (excludes halogenated alkanes) is 18. The highest BCUT2D eigenvalue weighted by atomic mass is 31.2. The number of nitrogens with one attached hydrogen (secondary N) is 1. The summed E-state index contributed by atoms with van der Waals surface area (Å²) in [4.78, 5) is 25.3. The molecule has 0 aromatic rings. The van der Waals surface area contributed by atoms with Gasteiger partial charge in [0.2, 0.25) is 5.91 Å². The summed E-state index contributed by atoms with van der Waals surface area (Å²) in [6.45, 7) is 4.49. The lowest BCUT2D eigenvalue weighted by Gasteiger charge is -2.29. The van der Waals surface area contributed by atoms with E-state index in [0.717, 1.165) is 70.6 Å². The number of phosphoric acid groups is 1. The molecule has 2 N–H and O–H groups in total. The normalized spacial score (nSPS) is 15.0. The minimum atomic E-state index is -4.60. The second-order valence-electron chi connectivity index (χ2n) is 16.0. The molecule has 9 heteroatoms. The average Bonchev–Trinajstić information content (AvgIpc) is 3.13. The summed E-state index contributed by atoms with van der Waals surface area (Å²) in [6, 6.07) is -0.909. The van der Waals surface area contributed by atoms with Gasteiger partial charge in [0.05, 0.1) is 39.9 Å². The Kier molecular flexibility index (Phi) is 36.5. The number of rotatable bonds is 39. The van der Waals surface area contributed by atoms with E-state index in [1.165, 1.54) is 83.5 Å². The number of nitrogens with zero attached hydrogens (tertiary/aromatic N) is 1. The number of aliphatic hydroxyl groups excluding tert-OH is 1. The first kappa shape index (κ1) is 53.2. The van der Waals surface area contributed by atoms with Gasteiger partial charge in [-0.05, 0) is 64.2 Å². The van der Waals surface area contributed by atoms with Crippen LogP contribution in [0, 0.1) is 0 Å². The lowest BCUT2D eigenvalue weighted by Crippen LogP contribution is -2.45. The van der Waals surface area contributed by atoms with Crippen molar-refractivity contribution in [2.24, 2.45) is 0 Å². The molecule has 0 aliphatic carbocycles. The molecule has 3 atom stereocenters. The van der Waals surface area contributed by atoms with Crippen LogP contribution in [0.1, 0.15) is 174 Å². The van der Waals surface area contributed by atoms with Crippen LogP contribution < -0.4 is 10.2 Å². The van der Waals surface area contributed by atoms with Crippen LogP contribution in [0.5, 0.6) is 0 Å². The van der Waals surface area contributed by atoms with Gasteiger partial charge < -0.3 is 28.8 Å². The Morgan fingerprint density at radius 1 is 0.655 bits per heavy atom. The molecule has 8 nitrogen and oxygen atoms in total. The van der Waals surface area contributed by atoms with E-state index >= 15 is 0 Å². The van der Waals surface area contributed by atoms with E-state index in [4.69, 9.17) is 9.05 Å². The summed E-state index contributed by atoms with van der Waals surface area (Å²) in [5.74, 6) is -0.221. The van der Waals surface area contributed by atoms with E-state index in [-0.39, 0.29) is 12.5 Å². The number of amides is 1. The fraction of sp³-hybridized carbons (Fsp3) is 0.761. The largest absolute Gasteiger partial charge is 0.756 e. The fourth-order valence-electron chi connectivity index (χ4n) is 5.95. The van der Waals surface area contributed by atoms with Crippen molar-refractivity contribution in [1.29, 1.82) is 0 Å². The number of likely N-dealkylation sites (N-methyl/N-ethyl adjacent to an activating group) is 1. The molecule has 0 bridgehead atoms. The quantitative estimate of drug-likeness (QED) is 0.0278. The van der Waals surface area contributed by atoms with Crippen molar-refractivity contribution in [2.45, 2.75) is 187 Å². The maximum atomic E-state index is 12.8. The van der Waals surface area contributed by atoms with Crippen molar-refractivity contribution in [2.75, 3.05) is 40.9 Å². The first-order valence-electron chi connectivity index (χ1n) is 22.2. The van der Waals surface area contributed by atoms with Gasteiger partial charge in [0.25, 0.3) is 7.82 Å². The smallest absolute Gasteiger partial charge is 0.268 e. The van der Waals surface area contributed by atoms with Gasteiger partial charge in [-0.25, -0.2) is 0 Å². The van der Waals surface area contributed by atoms with Crippen LogP contribution in [-0.2, 0) is 18.4 Å². The number of hydrogen-bond donors (Lipinski definition) is 2. The monoisotopic (exact) mass is 793 g/mol. The Balaban J connectivity index is 4.50. The summed E-state index contributed by atoms with van der Waals surface area (Å²) in [6.07, 6.45) is 48.4. The van der Waals surface area contributed by atoms with Crippen LogP contribution in [-0.4, -0.2) is 68.5 Å². The van der Waals surface area contributed by atoms with E-state index in [1.54, 1.807) is 6.08 Å². The van der Waals surface area contributed by atoms with E-state index in [2.05, 4.69) is 67.8 Å². The lowest BCUT2D eigenvalue weighted by molar-refractivity contribution is -0.870. The summed E-state index contributed by atoms with van der Waals surface area (Å²) >= 11 is 0. The SMILES string of the molecule is CC/C=C\C/C=C\C/C=C\CCCCCCCCCC(=O)NC(COP(=O)([O-])OCC[N+](C)(C)C)C(O)/C=C/CC/C=C/CCCCCCCCCCCC. The van der Waals surface area contributed by atoms with E-state index in [1.807, 2.05) is 27.2 Å². The molecule has 0 saturated carbocycles. The van der Waals surface area contributed by atoms with Crippen LogP contribution >= 0.6 is 7.82 Å². The standard InChI is InChI=1S/C46H85N2O6P/c1-6-8-10-12-14-16-18-20-22-24-26-28-30-32-34-36-38-40-46(50)47-44(43-54-55(51,52)53-42-41-48(3,4)5)45(49)39-37-35-33-31-29-27-25-23-21-19-17-15-13-11-9-7-2/h8,10,14,16,20,22,29,31,37,39,44-45,49H,6-7,9,11-13,15,17-19,21,23-28,30,32-36,38,40-43H2,1-5H3,(H-,47,50,51,52)/b10-8-,16-14-,22-20-,31-29+,39-37+. The third kappa shape index (κ3) is 40.2.